The highest BCUT2D eigenvalue weighted by Crippen LogP contribution is 2.48. The summed E-state index contributed by atoms with van der Waals surface area (Å²) in [5, 5.41) is 3.81. The summed E-state index contributed by atoms with van der Waals surface area (Å²) in [6.45, 7) is 0.711. The third-order valence-corrected chi connectivity index (χ3v) is 5.45. The van der Waals surface area contributed by atoms with Crippen LogP contribution in [-0.4, -0.2) is 18.4 Å². The van der Waals surface area contributed by atoms with Gasteiger partial charge in [-0.3, -0.25) is 9.59 Å². The average Bonchev–Trinajstić information content (AvgIpc) is 3.34. The van der Waals surface area contributed by atoms with Crippen molar-refractivity contribution < 1.29 is 9.59 Å². The molecule has 5 heteroatoms. The van der Waals surface area contributed by atoms with Gasteiger partial charge in [0.15, 0.2) is 0 Å². The van der Waals surface area contributed by atoms with Crippen LogP contribution in [0, 0.1) is 17.8 Å². The molecule has 2 atom stereocenters. The fourth-order valence-electron chi connectivity index (χ4n) is 3.62. The molecule has 1 aromatic carbocycles. The van der Waals surface area contributed by atoms with Crippen molar-refractivity contribution in [3.05, 3.63) is 34.9 Å². The Hall–Kier alpha value is -1.55. The van der Waals surface area contributed by atoms with E-state index >= 15 is 0 Å². The molecule has 0 heterocycles. The van der Waals surface area contributed by atoms with Gasteiger partial charge < -0.3 is 11.1 Å². The summed E-state index contributed by atoms with van der Waals surface area (Å²) in [7, 11) is 0. The van der Waals surface area contributed by atoms with Crippen LogP contribution in [-0.2, 0) is 9.59 Å². The summed E-state index contributed by atoms with van der Waals surface area (Å²) in [6, 6.07) is 7.77. The number of hydrogen-bond donors (Lipinski definition) is 2. The molecule has 3 rings (SSSR count). The van der Waals surface area contributed by atoms with Crippen molar-refractivity contribution in [2.75, 3.05) is 6.54 Å². The first-order valence-electron chi connectivity index (χ1n) is 8.37. The fraction of sp³-hybridized carbons (Fsp3) is 0.556. The smallest absolute Gasteiger partial charge is 0.223 e. The third-order valence-electron chi connectivity index (χ3n) is 5.22. The molecule has 0 aliphatic heterocycles. The highest BCUT2D eigenvalue weighted by atomic mass is 35.5. The van der Waals surface area contributed by atoms with Gasteiger partial charge >= 0.3 is 0 Å². The summed E-state index contributed by atoms with van der Waals surface area (Å²) in [6.07, 6.45) is 4.54. The van der Waals surface area contributed by atoms with E-state index in [4.69, 9.17) is 17.3 Å². The number of benzene rings is 1. The first-order chi connectivity index (χ1) is 11.0. The maximum Gasteiger partial charge on any atom is 0.223 e. The van der Waals surface area contributed by atoms with Crippen molar-refractivity contribution in [3.63, 3.8) is 0 Å². The second-order valence-electron chi connectivity index (χ2n) is 6.87. The van der Waals surface area contributed by atoms with Crippen LogP contribution in [0.15, 0.2) is 24.3 Å². The molecule has 0 spiro atoms. The zero-order chi connectivity index (χ0) is 16.4. The molecule has 0 unspecified atom stereocenters. The van der Waals surface area contributed by atoms with E-state index < -0.39 is 0 Å². The quantitative estimate of drug-likeness (QED) is 0.869. The Labute approximate surface area is 141 Å². The summed E-state index contributed by atoms with van der Waals surface area (Å²) in [5.74, 6) is 0.840. The number of rotatable bonds is 5. The molecular weight excluding hydrogens is 312 g/mol. The van der Waals surface area contributed by atoms with Gasteiger partial charge in [-0.25, -0.2) is 0 Å². The summed E-state index contributed by atoms with van der Waals surface area (Å²) >= 11 is 6.01. The highest BCUT2D eigenvalue weighted by molar-refractivity contribution is 6.30. The van der Waals surface area contributed by atoms with Gasteiger partial charge in [0.2, 0.25) is 11.8 Å². The van der Waals surface area contributed by atoms with Gasteiger partial charge in [0.1, 0.15) is 0 Å². The first-order valence-corrected chi connectivity index (χ1v) is 8.75. The number of primary amides is 1. The molecule has 1 aromatic rings. The molecule has 2 aliphatic rings. The number of carbonyl (C=O) groups excluding carboxylic acids is 2. The molecule has 124 valence electrons. The van der Waals surface area contributed by atoms with Crippen molar-refractivity contribution in [1.82, 2.24) is 5.32 Å². The normalized spacial score (nSPS) is 29.8. The van der Waals surface area contributed by atoms with Crippen LogP contribution in [0.1, 0.15) is 43.6 Å². The summed E-state index contributed by atoms with van der Waals surface area (Å²) < 4.78 is 0. The van der Waals surface area contributed by atoms with Crippen molar-refractivity contribution >= 4 is 23.4 Å². The molecule has 0 aromatic heterocycles. The Balaban J connectivity index is 1.42. The number of hydrogen-bond acceptors (Lipinski definition) is 2. The lowest BCUT2D eigenvalue weighted by Gasteiger charge is -2.26. The van der Waals surface area contributed by atoms with Crippen LogP contribution in [0.5, 0.6) is 0 Å². The van der Waals surface area contributed by atoms with Gasteiger partial charge in [-0.1, -0.05) is 23.7 Å². The second-order valence-corrected chi connectivity index (χ2v) is 7.31. The van der Waals surface area contributed by atoms with Gasteiger partial charge in [-0.2, -0.15) is 0 Å². The van der Waals surface area contributed by atoms with E-state index in [0.29, 0.717) is 18.4 Å². The molecule has 2 aliphatic carbocycles. The first kappa shape index (κ1) is 16.3. The zero-order valence-corrected chi connectivity index (χ0v) is 13.9. The van der Waals surface area contributed by atoms with E-state index in [1.54, 1.807) is 0 Å². The lowest BCUT2D eigenvalue weighted by atomic mass is 9.81. The van der Waals surface area contributed by atoms with Crippen molar-refractivity contribution in [3.8, 4) is 0 Å². The van der Waals surface area contributed by atoms with E-state index in [1.807, 2.05) is 24.3 Å². The Morgan fingerprint density at radius 3 is 2.61 bits per heavy atom. The van der Waals surface area contributed by atoms with Crippen molar-refractivity contribution in [2.24, 2.45) is 23.5 Å². The molecule has 0 radical (unpaired) electrons. The van der Waals surface area contributed by atoms with E-state index in [9.17, 15) is 9.59 Å². The Kier molecular flexibility index (Phi) is 4.90. The van der Waals surface area contributed by atoms with E-state index in [-0.39, 0.29) is 23.7 Å². The topological polar surface area (TPSA) is 72.2 Å². The van der Waals surface area contributed by atoms with Gasteiger partial charge in [0.25, 0.3) is 0 Å². The number of halogens is 1. The van der Waals surface area contributed by atoms with Crippen LogP contribution in [0.2, 0.25) is 5.02 Å². The molecule has 0 bridgehead atoms. The molecule has 4 nitrogen and oxygen atoms in total. The predicted octanol–water partition coefficient (Wildman–Crippen LogP) is 2.85. The minimum Gasteiger partial charge on any atom is -0.369 e. The van der Waals surface area contributed by atoms with Crippen molar-refractivity contribution in [2.45, 2.75) is 38.0 Å². The molecule has 23 heavy (non-hydrogen) atoms. The Morgan fingerprint density at radius 1 is 1.22 bits per heavy atom. The summed E-state index contributed by atoms with van der Waals surface area (Å²) in [5.41, 5.74) is 6.50. The van der Waals surface area contributed by atoms with Gasteiger partial charge in [0, 0.05) is 23.4 Å². The number of amides is 2. The van der Waals surface area contributed by atoms with Crippen molar-refractivity contribution in [1.29, 1.82) is 0 Å². The molecule has 2 amide bonds. The monoisotopic (exact) mass is 334 g/mol. The van der Waals surface area contributed by atoms with E-state index in [0.717, 1.165) is 42.7 Å². The standard InChI is InChI=1S/C18H23ClN2O2/c19-14-3-1-2-13(8-14)15-9-16(15)18(23)21-10-11-4-6-12(7-5-11)17(20)22/h1-3,8,11-12,15-16H,4-7,9-10H2,(H2,20,22)(H,21,23)/t11?,12?,15-,16+/m1/s1. The maximum absolute atomic E-state index is 12.3. The van der Waals surface area contributed by atoms with Crippen LogP contribution >= 0.6 is 11.6 Å². The minimum atomic E-state index is -0.185. The van der Waals surface area contributed by atoms with Gasteiger partial charge in [0.05, 0.1) is 0 Å². The molecule has 3 N–H and O–H groups in total. The molecule has 2 fully saturated rings. The second kappa shape index (κ2) is 6.91. The minimum absolute atomic E-state index is 0.0255. The number of nitrogens with two attached hydrogens (primary N) is 1. The van der Waals surface area contributed by atoms with Crippen LogP contribution in [0.25, 0.3) is 0 Å². The van der Waals surface area contributed by atoms with Gasteiger partial charge in [-0.15, -0.1) is 0 Å². The zero-order valence-electron chi connectivity index (χ0n) is 13.1. The molecule has 0 saturated heterocycles. The predicted molar refractivity (Wildman–Crippen MR) is 90.0 cm³/mol. The largest absolute Gasteiger partial charge is 0.369 e. The van der Waals surface area contributed by atoms with Gasteiger partial charge in [-0.05, 0) is 61.6 Å². The Bertz CT molecular complexity index is 596. The summed E-state index contributed by atoms with van der Waals surface area (Å²) in [4.78, 5) is 23.4. The van der Waals surface area contributed by atoms with E-state index in [2.05, 4.69) is 5.32 Å². The SMILES string of the molecule is NC(=O)C1CCC(CNC(=O)[C@H]2C[C@@H]2c2cccc(Cl)c2)CC1. The number of carbonyl (C=O) groups is 2. The lowest BCUT2D eigenvalue weighted by Crippen LogP contribution is -2.34. The number of nitrogens with one attached hydrogen (secondary N) is 1. The van der Waals surface area contributed by atoms with E-state index in [1.165, 1.54) is 0 Å². The molecule has 2 saturated carbocycles. The van der Waals surface area contributed by atoms with Crippen LogP contribution in [0.3, 0.4) is 0 Å². The Morgan fingerprint density at radius 2 is 1.96 bits per heavy atom. The molecular formula is C18H23ClN2O2. The third kappa shape index (κ3) is 4.05. The maximum atomic E-state index is 12.3. The lowest BCUT2D eigenvalue weighted by molar-refractivity contribution is -0.124. The highest BCUT2D eigenvalue weighted by Gasteiger charge is 2.44. The van der Waals surface area contributed by atoms with Crippen LogP contribution < -0.4 is 11.1 Å². The fourth-order valence-corrected chi connectivity index (χ4v) is 3.82. The average molecular weight is 335 g/mol. The van der Waals surface area contributed by atoms with Crippen LogP contribution in [0.4, 0.5) is 0 Å².